The Morgan fingerprint density at radius 1 is 1.56 bits per heavy atom. The molecule has 1 heterocycles. The molecule has 1 saturated heterocycles. The molecule has 105 valence electrons. The van der Waals surface area contributed by atoms with Crippen molar-refractivity contribution in [3.8, 4) is 0 Å². The van der Waals surface area contributed by atoms with Crippen LogP contribution in [-0.2, 0) is 32.7 Å². The van der Waals surface area contributed by atoms with Crippen molar-refractivity contribution in [2.24, 2.45) is 17.3 Å². The van der Waals surface area contributed by atoms with E-state index >= 15 is 0 Å². The first kappa shape index (κ1) is 19.4. The average Bonchev–Trinajstić information content (AvgIpc) is 2.13. The third kappa shape index (κ3) is 4.47. The monoisotopic (exact) mass is 344 g/mol. The predicted octanol–water partition coefficient (Wildman–Crippen LogP) is 3.71. The van der Waals surface area contributed by atoms with Crippen LogP contribution in [0.2, 0.25) is 0 Å². The number of nitrogens with zero attached hydrogens (tertiary/aromatic N) is 1. The summed E-state index contributed by atoms with van der Waals surface area (Å²) in [6, 6.07) is 0. The van der Waals surface area contributed by atoms with Gasteiger partial charge in [0.05, 0.1) is 0 Å². The fraction of sp³-hybridized carbons (Fsp3) is 0.867. The fourth-order valence-electron chi connectivity index (χ4n) is 3.65. The second-order valence-corrected chi connectivity index (χ2v) is 7.61. The molecule has 0 saturated carbocycles. The number of rotatable bonds is 4. The summed E-state index contributed by atoms with van der Waals surface area (Å²) in [5, 5.41) is 0. The van der Waals surface area contributed by atoms with E-state index in [0.29, 0.717) is 5.92 Å². The minimum Gasteiger partial charge on any atom is -0.343 e. The zero-order valence-electron chi connectivity index (χ0n) is 12.6. The maximum Gasteiger partial charge on any atom is 0.0123 e. The van der Waals surface area contributed by atoms with Crippen molar-refractivity contribution < 1.29 is 32.7 Å². The molecule has 0 aromatic rings. The van der Waals surface area contributed by atoms with Crippen molar-refractivity contribution in [2.75, 3.05) is 20.1 Å². The normalized spacial score (nSPS) is 34.5. The third-order valence-corrected chi connectivity index (χ3v) is 4.96. The van der Waals surface area contributed by atoms with Crippen molar-refractivity contribution in [3.05, 3.63) is 13.8 Å². The molecular formula is C15H29NSY-2. The molecule has 1 aliphatic heterocycles. The molecule has 0 bridgehead atoms. The van der Waals surface area contributed by atoms with Crippen LogP contribution < -0.4 is 0 Å². The van der Waals surface area contributed by atoms with Crippen LogP contribution in [-0.4, -0.2) is 29.8 Å². The molecule has 0 N–H and O–H groups in total. The van der Waals surface area contributed by atoms with Crippen LogP contribution in [0.5, 0.6) is 0 Å². The van der Waals surface area contributed by atoms with E-state index in [-0.39, 0.29) is 42.9 Å². The maximum atomic E-state index is 5.01. The molecule has 0 aliphatic carbocycles. The first-order chi connectivity index (χ1) is 7.72. The van der Waals surface area contributed by atoms with E-state index in [9.17, 15) is 0 Å². The van der Waals surface area contributed by atoms with Gasteiger partial charge in [-0.2, -0.15) is 25.0 Å². The van der Waals surface area contributed by atoms with Gasteiger partial charge in [0.25, 0.3) is 0 Å². The van der Waals surface area contributed by atoms with E-state index in [1.165, 1.54) is 13.0 Å². The van der Waals surface area contributed by atoms with Crippen LogP contribution >= 0.6 is 12.6 Å². The second-order valence-electron chi connectivity index (χ2n) is 6.62. The zero-order valence-corrected chi connectivity index (χ0v) is 16.3. The van der Waals surface area contributed by atoms with Gasteiger partial charge in [-0.05, 0) is 24.8 Å². The summed E-state index contributed by atoms with van der Waals surface area (Å²) in [6.45, 7) is 17.5. The summed E-state index contributed by atoms with van der Waals surface area (Å²) >= 11 is 5.01. The largest absolute Gasteiger partial charge is 0.343 e. The van der Waals surface area contributed by atoms with Gasteiger partial charge in [0, 0.05) is 50.5 Å². The number of piperidine rings is 1. The summed E-state index contributed by atoms with van der Waals surface area (Å²) in [7, 11) is 2.22. The number of hydrogen-bond acceptors (Lipinski definition) is 2. The van der Waals surface area contributed by atoms with Crippen molar-refractivity contribution >= 4 is 12.6 Å². The Labute approximate surface area is 145 Å². The van der Waals surface area contributed by atoms with Gasteiger partial charge < -0.3 is 18.7 Å². The topological polar surface area (TPSA) is 3.24 Å². The van der Waals surface area contributed by atoms with Gasteiger partial charge in [-0.1, -0.05) is 27.2 Å². The van der Waals surface area contributed by atoms with Gasteiger partial charge in [0.2, 0.25) is 0 Å². The van der Waals surface area contributed by atoms with Gasteiger partial charge in [0.1, 0.15) is 0 Å². The van der Waals surface area contributed by atoms with Crippen LogP contribution in [0.25, 0.3) is 0 Å². The summed E-state index contributed by atoms with van der Waals surface area (Å²) in [4.78, 5) is 2.45. The van der Waals surface area contributed by atoms with E-state index in [1.807, 2.05) is 0 Å². The van der Waals surface area contributed by atoms with Gasteiger partial charge in [-0.25, -0.2) is 0 Å². The molecule has 1 nitrogen and oxygen atoms in total. The molecule has 0 spiro atoms. The minimum absolute atomic E-state index is 0. The molecule has 1 rings (SSSR count). The Bertz CT molecular complexity index is 243. The Balaban J connectivity index is 0.00000289. The summed E-state index contributed by atoms with van der Waals surface area (Å²) in [5.74, 6) is 1.19. The van der Waals surface area contributed by atoms with E-state index in [4.69, 9.17) is 12.6 Å². The van der Waals surface area contributed by atoms with Crippen molar-refractivity contribution in [3.63, 3.8) is 0 Å². The molecule has 1 radical (unpaired) electrons. The standard InChI is InChI=1S/C15H29NS.Y/c1-7-15(14(5,17)8-12(2)3)9-13(4)10-16(6)11-15;/h12-13,17H,1-2,7-11H2,3-6H3;/q-2;. The fourth-order valence-corrected chi connectivity index (χ4v) is 4.23. The molecule has 3 heteroatoms. The van der Waals surface area contributed by atoms with Crippen molar-refractivity contribution in [2.45, 2.75) is 44.8 Å². The maximum absolute atomic E-state index is 5.01. The van der Waals surface area contributed by atoms with Crippen molar-refractivity contribution in [1.29, 1.82) is 0 Å². The van der Waals surface area contributed by atoms with Gasteiger partial charge in [-0.15, -0.1) is 0 Å². The summed E-state index contributed by atoms with van der Waals surface area (Å²) < 4.78 is 0.0266. The van der Waals surface area contributed by atoms with Crippen LogP contribution in [0.3, 0.4) is 0 Å². The van der Waals surface area contributed by atoms with Crippen LogP contribution in [0.1, 0.15) is 40.0 Å². The molecule has 18 heavy (non-hydrogen) atoms. The predicted molar refractivity (Wildman–Crippen MR) is 80.2 cm³/mol. The number of hydrogen-bond donors (Lipinski definition) is 1. The Morgan fingerprint density at radius 3 is 2.50 bits per heavy atom. The quantitative estimate of drug-likeness (QED) is 0.601. The SMILES string of the molecule is [CH2-]CC1(C(C)(S)CC([CH2-])C)CC(C)CN(C)C1.[Y]. The Morgan fingerprint density at radius 2 is 2.11 bits per heavy atom. The summed E-state index contributed by atoms with van der Waals surface area (Å²) in [5.41, 5.74) is 0.231. The van der Waals surface area contributed by atoms with E-state index in [0.717, 1.165) is 25.3 Å². The molecule has 4 unspecified atom stereocenters. The zero-order chi connectivity index (χ0) is 13.3. The van der Waals surface area contributed by atoms with E-state index in [1.54, 1.807) is 0 Å². The van der Waals surface area contributed by atoms with Crippen molar-refractivity contribution in [1.82, 2.24) is 4.90 Å². The number of likely N-dealkylation sites (tertiary alicyclic amines) is 1. The van der Waals surface area contributed by atoms with Crippen LogP contribution in [0.4, 0.5) is 0 Å². The summed E-state index contributed by atoms with van der Waals surface area (Å²) in [6.07, 6.45) is 3.27. The first-order valence-corrected chi connectivity index (χ1v) is 7.20. The first-order valence-electron chi connectivity index (χ1n) is 6.76. The minimum atomic E-state index is 0. The number of thiol groups is 1. The molecular weight excluding hydrogens is 315 g/mol. The van der Waals surface area contributed by atoms with E-state index in [2.05, 4.69) is 46.6 Å². The van der Waals surface area contributed by atoms with Gasteiger partial charge in [-0.3, -0.25) is 0 Å². The van der Waals surface area contributed by atoms with Gasteiger partial charge in [0.15, 0.2) is 0 Å². The molecule has 1 aliphatic rings. The smallest absolute Gasteiger partial charge is 0.0123 e. The van der Waals surface area contributed by atoms with Crippen LogP contribution in [0, 0.1) is 31.1 Å². The third-order valence-electron chi connectivity index (χ3n) is 4.30. The molecule has 4 atom stereocenters. The Kier molecular flexibility index (Phi) is 8.01. The second kappa shape index (κ2) is 7.43. The van der Waals surface area contributed by atoms with E-state index < -0.39 is 0 Å². The molecule has 1 fully saturated rings. The Hall–Kier alpha value is 1.41. The molecule has 0 aromatic heterocycles. The van der Waals surface area contributed by atoms with Crippen LogP contribution in [0.15, 0.2) is 0 Å². The van der Waals surface area contributed by atoms with Gasteiger partial charge >= 0.3 is 0 Å². The molecule has 0 aromatic carbocycles. The molecule has 0 amide bonds. The average molecular weight is 344 g/mol.